The Morgan fingerprint density at radius 2 is 1.65 bits per heavy atom. The number of ether oxygens (including phenoxy) is 1. The van der Waals surface area contributed by atoms with Crippen LogP contribution in [0, 0.1) is 16.7 Å². The summed E-state index contributed by atoms with van der Waals surface area (Å²) in [6.07, 6.45) is 5.12. The minimum absolute atomic E-state index is 0.202. The Balaban J connectivity index is 2.47. The zero-order valence-corrected chi connectivity index (χ0v) is 17.3. The maximum absolute atomic E-state index is 5.74. The van der Waals surface area contributed by atoms with Crippen molar-refractivity contribution in [3.63, 3.8) is 0 Å². The van der Waals surface area contributed by atoms with E-state index >= 15 is 0 Å². The van der Waals surface area contributed by atoms with Crippen LogP contribution in [0.2, 0.25) is 0 Å². The van der Waals surface area contributed by atoms with E-state index in [9.17, 15) is 0 Å². The summed E-state index contributed by atoms with van der Waals surface area (Å²) in [4.78, 5) is 2.84. The van der Waals surface area contributed by atoms with Gasteiger partial charge in [-0.05, 0) is 71.6 Å². The number of nitrogens with zero attached hydrogens (tertiary/aromatic N) is 1. The topological polar surface area (TPSA) is 12.5 Å². The summed E-state index contributed by atoms with van der Waals surface area (Å²) in [5.74, 6) is 0.766. The van der Waals surface area contributed by atoms with Crippen molar-refractivity contribution < 1.29 is 4.74 Å². The number of hydrogen-bond acceptors (Lipinski definition) is 2. The van der Waals surface area contributed by atoms with Gasteiger partial charge in [-0.1, -0.05) is 27.7 Å². The molecule has 0 aromatic carbocycles. The third-order valence-electron chi connectivity index (χ3n) is 6.69. The molecule has 2 nitrogen and oxygen atoms in total. The van der Waals surface area contributed by atoms with Gasteiger partial charge in [-0.3, -0.25) is 4.90 Å². The van der Waals surface area contributed by atoms with E-state index < -0.39 is 0 Å². The van der Waals surface area contributed by atoms with Crippen molar-refractivity contribution in [2.24, 2.45) is 16.7 Å². The Morgan fingerprint density at radius 3 is 2.04 bits per heavy atom. The first-order valence-electron chi connectivity index (χ1n) is 9.72. The summed E-state index contributed by atoms with van der Waals surface area (Å²) in [5, 5.41) is 0. The van der Waals surface area contributed by atoms with E-state index in [1.165, 1.54) is 25.7 Å². The predicted octanol–water partition coefficient (Wildman–Crippen LogP) is 5.51. The highest BCUT2D eigenvalue weighted by molar-refractivity contribution is 5.06. The standard InChI is InChI=1S/C21H41NO/c1-10-17-11-16(2)12-21(14-23-15-21)19(6,7)13-20(8,9)22(17)18(3,4)5/h16-17H,10-15H2,1-9H3. The van der Waals surface area contributed by atoms with Gasteiger partial charge in [0.1, 0.15) is 0 Å². The van der Waals surface area contributed by atoms with Crippen LogP contribution in [0.15, 0.2) is 0 Å². The molecule has 0 N–H and O–H groups in total. The molecule has 0 bridgehead atoms. The maximum atomic E-state index is 5.74. The predicted molar refractivity (Wildman–Crippen MR) is 99.8 cm³/mol. The van der Waals surface area contributed by atoms with Crippen LogP contribution in [0.3, 0.4) is 0 Å². The fourth-order valence-electron chi connectivity index (χ4n) is 6.11. The molecule has 2 fully saturated rings. The van der Waals surface area contributed by atoms with Crippen LogP contribution < -0.4 is 0 Å². The SMILES string of the molecule is CCC1CC(C)CC2(COC2)C(C)(C)CC(C)(C)N1C(C)(C)C. The average Bonchev–Trinajstić information content (AvgIpc) is 2.30. The van der Waals surface area contributed by atoms with Gasteiger partial charge in [-0.15, -0.1) is 0 Å². The van der Waals surface area contributed by atoms with Crippen LogP contribution in [0.4, 0.5) is 0 Å². The normalized spacial score (nSPS) is 34.3. The highest BCUT2D eigenvalue weighted by Crippen LogP contribution is 2.55. The summed E-state index contributed by atoms with van der Waals surface area (Å²) in [5.41, 5.74) is 1.10. The Bertz CT molecular complexity index is 414. The van der Waals surface area contributed by atoms with Crippen LogP contribution in [0.5, 0.6) is 0 Å². The van der Waals surface area contributed by atoms with E-state index in [0.29, 0.717) is 16.9 Å². The molecule has 23 heavy (non-hydrogen) atoms. The van der Waals surface area contributed by atoms with Crippen molar-refractivity contribution in [3.05, 3.63) is 0 Å². The van der Waals surface area contributed by atoms with Gasteiger partial charge < -0.3 is 4.74 Å². The lowest BCUT2D eigenvalue weighted by molar-refractivity contribution is -0.193. The molecule has 1 spiro atoms. The zero-order valence-electron chi connectivity index (χ0n) is 17.3. The first-order valence-corrected chi connectivity index (χ1v) is 9.72. The molecule has 2 atom stereocenters. The Labute approximate surface area is 145 Å². The van der Waals surface area contributed by atoms with E-state index in [0.717, 1.165) is 19.1 Å². The van der Waals surface area contributed by atoms with Crippen molar-refractivity contribution in [1.29, 1.82) is 0 Å². The molecule has 0 aliphatic carbocycles. The largest absolute Gasteiger partial charge is 0.380 e. The van der Waals surface area contributed by atoms with Gasteiger partial charge in [0, 0.05) is 22.5 Å². The summed E-state index contributed by atoms with van der Waals surface area (Å²) in [6, 6.07) is 0.673. The molecule has 0 amide bonds. The van der Waals surface area contributed by atoms with Gasteiger partial charge in [-0.2, -0.15) is 0 Å². The third-order valence-corrected chi connectivity index (χ3v) is 6.69. The summed E-state index contributed by atoms with van der Waals surface area (Å²) in [6.45, 7) is 23.9. The molecule has 0 aromatic rings. The Morgan fingerprint density at radius 1 is 1.09 bits per heavy atom. The highest BCUT2D eigenvalue weighted by atomic mass is 16.5. The van der Waals surface area contributed by atoms with Crippen LogP contribution in [-0.4, -0.2) is 35.2 Å². The smallest absolute Gasteiger partial charge is 0.0550 e. The van der Waals surface area contributed by atoms with Gasteiger partial charge in [0.15, 0.2) is 0 Å². The second kappa shape index (κ2) is 6.02. The summed E-state index contributed by atoms with van der Waals surface area (Å²) >= 11 is 0. The quantitative estimate of drug-likeness (QED) is 0.631. The molecule has 0 saturated carbocycles. The van der Waals surface area contributed by atoms with Gasteiger partial charge >= 0.3 is 0 Å². The Hall–Kier alpha value is -0.0800. The van der Waals surface area contributed by atoms with E-state index in [-0.39, 0.29) is 11.1 Å². The first-order chi connectivity index (χ1) is 10.3. The lowest BCUT2D eigenvalue weighted by Crippen LogP contribution is -2.61. The molecule has 0 aromatic heterocycles. The number of hydrogen-bond donors (Lipinski definition) is 0. The van der Waals surface area contributed by atoms with Gasteiger partial charge in [0.25, 0.3) is 0 Å². The van der Waals surface area contributed by atoms with Crippen molar-refractivity contribution in [2.75, 3.05) is 13.2 Å². The second-order valence-corrected chi connectivity index (χ2v) is 10.8. The molecular weight excluding hydrogens is 282 g/mol. The third kappa shape index (κ3) is 3.49. The van der Waals surface area contributed by atoms with Crippen LogP contribution in [0.25, 0.3) is 0 Å². The fourth-order valence-corrected chi connectivity index (χ4v) is 6.11. The molecule has 2 saturated heterocycles. The van der Waals surface area contributed by atoms with E-state index in [1.807, 2.05) is 0 Å². The van der Waals surface area contributed by atoms with Gasteiger partial charge in [-0.25, -0.2) is 0 Å². The van der Waals surface area contributed by atoms with Crippen LogP contribution >= 0.6 is 0 Å². The minimum Gasteiger partial charge on any atom is -0.380 e. The van der Waals surface area contributed by atoms with E-state index in [2.05, 4.69) is 67.2 Å². The number of rotatable bonds is 1. The van der Waals surface area contributed by atoms with Crippen molar-refractivity contribution >= 4 is 0 Å². The highest BCUT2D eigenvalue weighted by Gasteiger charge is 2.55. The molecule has 2 rings (SSSR count). The molecule has 2 heteroatoms. The van der Waals surface area contributed by atoms with Gasteiger partial charge in [0.2, 0.25) is 0 Å². The summed E-state index contributed by atoms with van der Waals surface area (Å²) < 4.78 is 5.74. The lowest BCUT2D eigenvalue weighted by Gasteiger charge is -2.57. The molecule has 0 radical (unpaired) electrons. The second-order valence-electron chi connectivity index (χ2n) is 10.8. The fraction of sp³-hybridized carbons (Fsp3) is 1.00. The molecule has 136 valence electrons. The average molecular weight is 324 g/mol. The monoisotopic (exact) mass is 323 g/mol. The Kier molecular flexibility index (Phi) is 5.04. The van der Waals surface area contributed by atoms with E-state index in [1.54, 1.807) is 0 Å². The van der Waals surface area contributed by atoms with Crippen molar-refractivity contribution in [1.82, 2.24) is 4.90 Å². The molecule has 2 aliphatic heterocycles. The van der Waals surface area contributed by atoms with Crippen LogP contribution in [0.1, 0.15) is 88.0 Å². The first kappa shape index (κ1) is 19.2. The molecule has 2 aliphatic rings. The summed E-state index contributed by atoms with van der Waals surface area (Å²) in [7, 11) is 0. The maximum Gasteiger partial charge on any atom is 0.0550 e. The molecule has 2 heterocycles. The molecule has 2 unspecified atom stereocenters. The zero-order chi connectivity index (χ0) is 17.7. The lowest BCUT2D eigenvalue weighted by atomic mass is 9.57. The molecular formula is C21H41NO. The van der Waals surface area contributed by atoms with Crippen LogP contribution in [-0.2, 0) is 4.74 Å². The minimum atomic E-state index is 0.202. The van der Waals surface area contributed by atoms with Crippen molar-refractivity contribution in [2.45, 2.75) is 105 Å². The van der Waals surface area contributed by atoms with Gasteiger partial charge in [0.05, 0.1) is 13.2 Å². The van der Waals surface area contributed by atoms with Crippen molar-refractivity contribution in [3.8, 4) is 0 Å². The van der Waals surface area contributed by atoms with E-state index in [4.69, 9.17) is 4.74 Å².